The van der Waals surface area contributed by atoms with E-state index in [1.165, 1.54) is 23.1 Å². The lowest BCUT2D eigenvalue weighted by Gasteiger charge is -2.27. The summed E-state index contributed by atoms with van der Waals surface area (Å²) in [6.07, 6.45) is -3.49. The summed E-state index contributed by atoms with van der Waals surface area (Å²) in [6, 6.07) is 4.40. The summed E-state index contributed by atoms with van der Waals surface area (Å²) in [4.78, 5) is 13.5. The minimum absolute atomic E-state index is 0.0244. The average molecular weight is 305 g/mol. The highest BCUT2D eigenvalue weighted by atomic mass is 35.5. The molecule has 0 bridgehead atoms. The lowest BCUT2D eigenvalue weighted by molar-refractivity contribution is -0.0957. The number of nitrogens with two attached hydrogens (primary N) is 1. The number of carbonyl (C=O) groups is 1. The van der Waals surface area contributed by atoms with Crippen molar-refractivity contribution in [3.05, 3.63) is 40.4 Å². The van der Waals surface area contributed by atoms with E-state index >= 15 is 0 Å². The Bertz CT molecular complexity index is 549. The Morgan fingerprint density at radius 2 is 2.00 bits per heavy atom. The van der Waals surface area contributed by atoms with Crippen molar-refractivity contribution in [1.82, 2.24) is 4.90 Å². The summed E-state index contributed by atoms with van der Waals surface area (Å²) in [5.74, 6) is -0.378. The first-order valence-corrected chi connectivity index (χ1v) is 6.27. The number of rotatable bonds is 1. The van der Waals surface area contributed by atoms with Gasteiger partial charge < -0.3 is 10.6 Å². The highest BCUT2D eigenvalue weighted by molar-refractivity contribution is 6.31. The molecule has 108 valence electrons. The number of amides is 1. The molecule has 1 aromatic rings. The molecule has 1 aliphatic rings. The molecule has 0 unspecified atom stereocenters. The summed E-state index contributed by atoms with van der Waals surface area (Å²) in [5, 5.41) is 0.317. The van der Waals surface area contributed by atoms with Gasteiger partial charge in [-0.1, -0.05) is 17.7 Å². The van der Waals surface area contributed by atoms with E-state index in [0.717, 1.165) is 6.08 Å². The molecule has 20 heavy (non-hydrogen) atoms. The first-order valence-electron chi connectivity index (χ1n) is 5.89. The van der Waals surface area contributed by atoms with Crippen LogP contribution in [0.5, 0.6) is 0 Å². The van der Waals surface area contributed by atoms with Crippen molar-refractivity contribution in [3.8, 4) is 0 Å². The Morgan fingerprint density at radius 3 is 2.50 bits per heavy atom. The van der Waals surface area contributed by atoms with Crippen LogP contribution in [-0.2, 0) is 0 Å². The molecule has 1 aliphatic heterocycles. The lowest BCUT2D eigenvalue weighted by Crippen LogP contribution is -2.36. The van der Waals surface area contributed by atoms with Gasteiger partial charge in [0.15, 0.2) is 0 Å². The van der Waals surface area contributed by atoms with E-state index in [1.54, 1.807) is 0 Å². The van der Waals surface area contributed by atoms with Crippen LogP contribution in [0.25, 0.3) is 0 Å². The lowest BCUT2D eigenvalue weighted by atomic mass is 10.1. The molecular weight excluding hydrogens is 293 g/mol. The topological polar surface area (TPSA) is 46.3 Å². The van der Waals surface area contributed by atoms with Gasteiger partial charge in [-0.05, 0) is 24.6 Å². The molecule has 0 spiro atoms. The van der Waals surface area contributed by atoms with Crippen LogP contribution in [0, 0.1) is 0 Å². The normalized spacial score (nSPS) is 16.0. The van der Waals surface area contributed by atoms with Gasteiger partial charge in [-0.15, -0.1) is 0 Å². The highest BCUT2D eigenvalue weighted by Crippen LogP contribution is 2.30. The second kappa shape index (κ2) is 5.36. The molecule has 7 heteroatoms. The van der Waals surface area contributed by atoms with Crippen LogP contribution in [0.15, 0.2) is 29.8 Å². The summed E-state index contributed by atoms with van der Waals surface area (Å²) < 4.78 is 37.5. The van der Waals surface area contributed by atoms with Gasteiger partial charge in [0, 0.05) is 34.9 Å². The molecule has 0 radical (unpaired) electrons. The third kappa shape index (κ3) is 3.25. The number of halogens is 4. The fourth-order valence-corrected chi connectivity index (χ4v) is 2.27. The van der Waals surface area contributed by atoms with Gasteiger partial charge in [-0.2, -0.15) is 13.2 Å². The monoisotopic (exact) mass is 304 g/mol. The Morgan fingerprint density at radius 1 is 1.30 bits per heavy atom. The fraction of sp³-hybridized carbons (Fsp3) is 0.308. The molecule has 0 fully saturated rings. The third-order valence-electron chi connectivity index (χ3n) is 3.03. The van der Waals surface area contributed by atoms with Gasteiger partial charge in [0.25, 0.3) is 5.91 Å². The fourth-order valence-electron chi connectivity index (χ4n) is 2.03. The Kier molecular flexibility index (Phi) is 3.94. The van der Waals surface area contributed by atoms with Crippen LogP contribution in [0.4, 0.5) is 18.9 Å². The smallest absolute Gasteiger partial charge is 0.399 e. The number of hydrogen-bond acceptors (Lipinski definition) is 2. The van der Waals surface area contributed by atoms with Crippen LogP contribution >= 0.6 is 11.6 Å². The van der Waals surface area contributed by atoms with Crippen molar-refractivity contribution >= 4 is 23.2 Å². The number of carbonyl (C=O) groups excluding carboxylic acids is 1. The maximum absolute atomic E-state index is 12.5. The van der Waals surface area contributed by atoms with Crippen molar-refractivity contribution in [2.75, 3.05) is 18.8 Å². The van der Waals surface area contributed by atoms with E-state index in [1.807, 2.05) is 0 Å². The Balaban J connectivity index is 2.14. The number of anilines is 1. The second-order valence-corrected chi connectivity index (χ2v) is 4.94. The van der Waals surface area contributed by atoms with Crippen LogP contribution in [0.3, 0.4) is 0 Å². The molecule has 2 N–H and O–H groups in total. The molecule has 1 heterocycles. The summed E-state index contributed by atoms with van der Waals surface area (Å²) >= 11 is 5.80. The van der Waals surface area contributed by atoms with E-state index in [4.69, 9.17) is 17.3 Å². The summed E-state index contributed by atoms with van der Waals surface area (Å²) in [7, 11) is 0. The molecule has 1 amide bonds. The molecule has 3 nitrogen and oxygen atoms in total. The molecule has 0 saturated carbocycles. The largest absolute Gasteiger partial charge is 0.412 e. The van der Waals surface area contributed by atoms with E-state index in [-0.39, 0.29) is 31.0 Å². The van der Waals surface area contributed by atoms with Crippen molar-refractivity contribution in [2.24, 2.45) is 0 Å². The number of nitrogen functional groups attached to an aromatic ring is 1. The molecule has 1 aromatic carbocycles. The van der Waals surface area contributed by atoms with Crippen molar-refractivity contribution < 1.29 is 18.0 Å². The number of nitrogens with zero attached hydrogens (tertiary/aromatic N) is 1. The zero-order valence-electron chi connectivity index (χ0n) is 10.4. The van der Waals surface area contributed by atoms with Crippen molar-refractivity contribution in [3.63, 3.8) is 0 Å². The summed E-state index contributed by atoms with van der Waals surface area (Å²) in [6.45, 7) is -0.0450. The van der Waals surface area contributed by atoms with Crippen molar-refractivity contribution in [2.45, 2.75) is 12.6 Å². The van der Waals surface area contributed by atoms with Crippen LogP contribution in [0.1, 0.15) is 16.8 Å². The van der Waals surface area contributed by atoms with Gasteiger partial charge in [0.1, 0.15) is 0 Å². The first-order chi connectivity index (χ1) is 9.27. The van der Waals surface area contributed by atoms with Crippen LogP contribution in [0.2, 0.25) is 5.02 Å². The van der Waals surface area contributed by atoms with E-state index in [0.29, 0.717) is 10.7 Å². The van der Waals surface area contributed by atoms with Gasteiger partial charge in [-0.3, -0.25) is 4.79 Å². The van der Waals surface area contributed by atoms with Gasteiger partial charge in [-0.25, -0.2) is 0 Å². The zero-order valence-corrected chi connectivity index (χ0v) is 11.1. The van der Waals surface area contributed by atoms with E-state index in [2.05, 4.69) is 0 Å². The van der Waals surface area contributed by atoms with E-state index in [9.17, 15) is 18.0 Å². The molecule has 0 aromatic heterocycles. The minimum atomic E-state index is -4.32. The van der Waals surface area contributed by atoms with Crippen LogP contribution in [-0.4, -0.2) is 30.1 Å². The van der Waals surface area contributed by atoms with Crippen molar-refractivity contribution in [1.29, 1.82) is 0 Å². The maximum atomic E-state index is 12.5. The molecular formula is C13H12ClF3N2O. The van der Waals surface area contributed by atoms with Crippen LogP contribution < -0.4 is 5.73 Å². The quantitative estimate of drug-likeness (QED) is 0.639. The number of hydrogen-bond donors (Lipinski definition) is 1. The van der Waals surface area contributed by atoms with E-state index < -0.39 is 11.7 Å². The standard InChI is InChI=1S/C13H12ClF3N2O/c14-10-5-8(6-11(18)7-10)12(20)19-3-1-9(2-4-19)13(15,16)17/h1,5-7H,2-4,18H2. The predicted molar refractivity (Wildman–Crippen MR) is 70.5 cm³/mol. The summed E-state index contributed by atoms with van der Waals surface area (Å²) in [5.41, 5.74) is 5.61. The SMILES string of the molecule is Nc1cc(Cl)cc(C(=O)N2CC=C(C(F)(F)F)CC2)c1. The molecule has 0 atom stereocenters. The molecule has 0 aliphatic carbocycles. The zero-order chi connectivity index (χ0) is 14.9. The number of benzene rings is 1. The average Bonchev–Trinajstić information content (AvgIpc) is 2.36. The third-order valence-corrected chi connectivity index (χ3v) is 3.25. The Hall–Kier alpha value is -1.69. The minimum Gasteiger partial charge on any atom is -0.399 e. The molecule has 0 saturated heterocycles. The predicted octanol–water partition coefficient (Wildman–Crippen LogP) is 3.26. The van der Waals surface area contributed by atoms with Gasteiger partial charge in [0.05, 0.1) is 0 Å². The Labute approximate surface area is 118 Å². The van der Waals surface area contributed by atoms with Gasteiger partial charge in [0.2, 0.25) is 0 Å². The number of alkyl halides is 3. The second-order valence-electron chi connectivity index (χ2n) is 4.50. The highest BCUT2D eigenvalue weighted by Gasteiger charge is 2.35. The van der Waals surface area contributed by atoms with Gasteiger partial charge >= 0.3 is 6.18 Å². The maximum Gasteiger partial charge on any atom is 0.412 e. The first kappa shape index (κ1) is 14.7. The molecule has 2 rings (SSSR count).